The molecule has 1 saturated heterocycles. The lowest BCUT2D eigenvalue weighted by Crippen LogP contribution is -2.37. The number of nitrogens with zero attached hydrogens (tertiary/aromatic N) is 1. The third kappa shape index (κ3) is 3.86. The molecule has 1 aliphatic rings. The van der Waals surface area contributed by atoms with Gasteiger partial charge in [-0.25, -0.2) is 0 Å². The van der Waals surface area contributed by atoms with E-state index in [-0.39, 0.29) is 6.04 Å². The lowest BCUT2D eigenvalue weighted by atomic mass is 9.99. The monoisotopic (exact) mass is 316 g/mol. The second-order valence-corrected chi connectivity index (χ2v) is 6.22. The first kappa shape index (κ1) is 16.1. The number of likely N-dealkylation sites (N-methyl/N-ethyl adjacent to an activating group) is 1. The maximum atomic E-state index is 6.30. The van der Waals surface area contributed by atoms with Crippen LogP contribution in [-0.4, -0.2) is 38.3 Å². The minimum atomic E-state index is 0.0399. The van der Waals surface area contributed by atoms with E-state index < -0.39 is 0 Å². The van der Waals surface area contributed by atoms with Crippen LogP contribution in [0.1, 0.15) is 24.4 Å². The van der Waals surface area contributed by atoms with Crippen LogP contribution in [0, 0.1) is 5.92 Å². The Balaban J connectivity index is 2.10. The summed E-state index contributed by atoms with van der Waals surface area (Å²) in [7, 11) is 2.08. The van der Waals surface area contributed by atoms with E-state index in [2.05, 4.69) is 11.9 Å². The zero-order valence-electron chi connectivity index (χ0n) is 11.8. The molecular formula is C15H22Cl2N2O. The molecule has 20 heavy (non-hydrogen) atoms. The van der Waals surface area contributed by atoms with Gasteiger partial charge in [0.1, 0.15) is 0 Å². The first-order valence-electron chi connectivity index (χ1n) is 7.05. The molecule has 0 amide bonds. The minimum Gasteiger partial charge on any atom is -0.381 e. The Hall–Kier alpha value is -0.320. The molecule has 3 nitrogen and oxygen atoms in total. The molecule has 1 heterocycles. The van der Waals surface area contributed by atoms with Crippen molar-refractivity contribution in [3.8, 4) is 0 Å². The fraction of sp³-hybridized carbons (Fsp3) is 0.600. The Morgan fingerprint density at radius 3 is 2.65 bits per heavy atom. The Morgan fingerprint density at radius 2 is 2.10 bits per heavy atom. The van der Waals surface area contributed by atoms with Crippen LogP contribution in [-0.2, 0) is 4.74 Å². The van der Waals surface area contributed by atoms with Crippen LogP contribution in [0.15, 0.2) is 18.2 Å². The number of hydrogen-bond acceptors (Lipinski definition) is 3. The van der Waals surface area contributed by atoms with E-state index in [1.54, 1.807) is 0 Å². The zero-order chi connectivity index (χ0) is 14.5. The molecule has 2 rings (SSSR count). The minimum absolute atomic E-state index is 0.0399. The largest absolute Gasteiger partial charge is 0.381 e. The van der Waals surface area contributed by atoms with Gasteiger partial charge < -0.3 is 10.5 Å². The first-order valence-corrected chi connectivity index (χ1v) is 7.81. The highest BCUT2D eigenvalue weighted by atomic mass is 35.5. The van der Waals surface area contributed by atoms with E-state index >= 15 is 0 Å². The van der Waals surface area contributed by atoms with Crippen molar-refractivity contribution in [3.63, 3.8) is 0 Å². The fourth-order valence-corrected chi connectivity index (χ4v) is 3.48. The number of nitrogens with two attached hydrogens (primary N) is 1. The van der Waals surface area contributed by atoms with Gasteiger partial charge in [0.15, 0.2) is 0 Å². The number of hydrogen-bond donors (Lipinski definition) is 1. The van der Waals surface area contributed by atoms with Gasteiger partial charge in [-0.2, -0.15) is 0 Å². The van der Waals surface area contributed by atoms with Crippen molar-refractivity contribution < 1.29 is 4.74 Å². The van der Waals surface area contributed by atoms with Crippen molar-refractivity contribution in [2.45, 2.75) is 18.9 Å². The summed E-state index contributed by atoms with van der Waals surface area (Å²) in [5.74, 6) is 0.559. The Morgan fingerprint density at radius 1 is 1.40 bits per heavy atom. The highest BCUT2D eigenvalue weighted by molar-refractivity contribution is 6.36. The van der Waals surface area contributed by atoms with Gasteiger partial charge in [0.05, 0.1) is 6.61 Å². The molecule has 2 unspecified atom stereocenters. The van der Waals surface area contributed by atoms with Gasteiger partial charge in [0.2, 0.25) is 0 Å². The SMILES string of the molecule is CN(CC1CCCOC1)C(CN)c1c(Cl)cccc1Cl. The summed E-state index contributed by atoms with van der Waals surface area (Å²) >= 11 is 12.6. The summed E-state index contributed by atoms with van der Waals surface area (Å²) in [4.78, 5) is 2.24. The van der Waals surface area contributed by atoms with Crippen molar-refractivity contribution in [2.75, 3.05) is 33.4 Å². The van der Waals surface area contributed by atoms with Crippen molar-refractivity contribution in [3.05, 3.63) is 33.8 Å². The summed E-state index contributed by atoms with van der Waals surface area (Å²) in [6.07, 6.45) is 2.34. The molecule has 1 aromatic carbocycles. The van der Waals surface area contributed by atoms with Crippen LogP contribution < -0.4 is 5.73 Å². The molecule has 0 saturated carbocycles. The predicted octanol–water partition coefficient (Wildman–Crippen LogP) is 3.35. The highest BCUT2D eigenvalue weighted by Gasteiger charge is 2.24. The summed E-state index contributed by atoms with van der Waals surface area (Å²) < 4.78 is 5.54. The van der Waals surface area contributed by atoms with Crippen LogP contribution in [0.3, 0.4) is 0 Å². The molecule has 2 N–H and O–H groups in total. The standard InChI is InChI=1S/C15H22Cl2N2O/c1-19(9-11-4-3-7-20-10-11)14(8-18)15-12(16)5-2-6-13(15)17/h2,5-6,11,14H,3-4,7-10,18H2,1H3. The van der Waals surface area contributed by atoms with Crippen LogP contribution in [0.5, 0.6) is 0 Å². The van der Waals surface area contributed by atoms with Crippen molar-refractivity contribution in [2.24, 2.45) is 11.7 Å². The zero-order valence-corrected chi connectivity index (χ0v) is 13.3. The molecule has 1 aliphatic heterocycles. The van der Waals surface area contributed by atoms with E-state index in [4.69, 9.17) is 33.7 Å². The third-order valence-corrected chi connectivity index (χ3v) is 4.55. The van der Waals surface area contributed by atoms with E-state index in [1.807, 2.05) is 18.2 Å². The van der Waals surface area contributed by atoms with Crippen molar-refractivity contribution in [1.82, 2.24) is 4.90 Å². The maximum absolute atomic E-state index is 6.30. The average molecular weight is 317 g/mol. The number of ether oxygens (including phenoxy) is 1. The highest BCUT2D eigenvalue weighted by Crippen LogP contribution is 2.33. The van der Waals surface area contributed by atoms with Crippen LogP contribution in [0.2, 0.25) is 10.0 Å². The molecule has 0 spiro atoms. The van der Waals surface area contributed by atoms with E-state index in [0.717, 1.165) is 31.7 Å². The lowest BCUT2D eigenvalue weighted by Gasteiger charge is -2.33. The molecule has 1 aromatic rings. The van der Waals surface area contributed by atoms with E-state index in [0.29, 0.717) is 22.5 Å². The van der Waals surface area contributed by atoms with Gasteiger partial charge in [-0.15, -0.1) is 0 Å². The molecular weight excluding hydrogens is 295 g/mol. The quantitative estimate of drug-likeness (QED) is 0.905. The molecule has 0 bridgehead atoms. The molecule has 5 heteroatoms. The predicted molar refractivity (Wildman–Crippen MR) is 84.4 cm³/mol. The van der Waals surface area contributed by atoms with Gasteiger partial charge >= 0.3 is 0 Å². The van der Waals surface area contributed by atoms with Gasteiger partial charge in [0.25, 0.3) is 0 Å². The fourth-order valence-electron chi connectivity index (χ4n) is 2.83. The number of halogens is 2. The van der Waals surface area contributed by atoms with Gasteiger partial charge in [-0.3, -0.25) is 4.90 Å². The smallest absolute Gasteiger partial charge is 0.0506 e. The maximum Gasteiger partial charge on any atom is 0.0506 e. The molecule has 112 valence electrons. The molecule has 0 aromatic heterocycles. The second-order valence-electron chi connectivity index (χ2n) is 5.41. The van der Waals surface area contributed by atoms with Gasteiger partial charge in [0, 0.05) is 41.3 Å². The Kier molecular flexibility index (Phi) is 6.12. The summed E-state index contributed by atoms with van der Waals surface area (Å²) in [6, 6.07) is 5.63. The van der Waals surface area contributed by atoms with Crippen molar-refractivity contribution >= 4 is 23.2 Å². The van der Waals surface area contributed by atoms with Crippen molar-refractivity contribution in [1.29, 1.82) is 0 Å². The van der Waals surface area contributed by atoms with Crippen LogP contribution in [0.4, 0.5) is 0 Å². The Labute approximate surface area is 131 Å². The third-order valence-electron chi connectivity index (χ3n) is 3.89. The Bertz CT molecular complexity index is 416. The summed E-state index contributed by atoms with van der Waals surface area (Å²) in [5, 5.41) is 1.36. The average Bonchev–Trinajstić information content (AvgIpc) is 2.44. The van der Waals surface area contributed by atoms with Crippen LogP contribution in [0.25, 0.3) is 0 Å². The summed E-state index contributed by atoms with van der Waals surface area (Å²) in [6.45, 7) is 3.16. The summed E-state index contributed by atoms with van der Waals surface area (Å²) in [5.41, 5.74) is 6.89. The van der Waals surface area contributed by atoms with Gasteiger partial charge in [-0.05, 0) is 37.9 Å². The van der Waals surface area contributed by atoms with E-state index in [1.165, 1.54) is 6.42 Å². The number of rotatable bonds is 5. The molecule has 0 aliphatic carbocycles. The molecule has 2 atom stereocenters. The molecule has 1 fully saturated rings. The van der Waals surface area contributed by atoms with Gasteiger partial charge in [-0.1, -0.05) is 29.3 Å². The normalized spacial score (nSPS) is 21.1. The molecule has 0 radical (unpaired) electrons. The van der Waals surface area contributed by atoms with E-state index in [9.17, 15) is 0 Å². The topological polar surface area (TPSA) is 38.5 Å². The lowest BCUT2D eigenvalue weighted by molar-refractivity contribution is 0.0365. The first-order chi connectivity index (χ1) is 9.63. The van der Waals surface area contributed by atoms with Crippen LogP contribution >= 0.6 is 23.2 Å². The second kappa shape index (κ2) is 7.62. The number of benzene rings is 1.